The smallest absolute Gasteiger partial charge is 0.335 e. The highest BCUT2D eigenvalue weighted by atomic mass is 79.9. The number of phenolic OH excluding ortho intramolecular Hbond substituents is 1. The number of carbonyl (C=O) groups is 1. The molecule has 3 rings (SSSR count). The third kappa shape index (κ3) is 2.91. The van der Waals surface area contributed by atoms with Crippen molar-refractivity contribution in [1.82, 2.24) is 9.78 Å². The van der Waals surface area contributed by atoms with E-state index < -0.39 is 5.97 Å². The van der Waals surface area contributed by atoms with Gasteiger partial charge in [0, 0.05) is 16.1 Å². The molecule has 0 aliphatic carbocycles. The summed E-state index contributed by atoms with van der Waals surface area (Å²) in [4.78, 5) is 23.0. The van der Waals surface area contributed by atoms with Gasteiger partial charge in [-0.15, -0.1) is 0 Å². The number of hydrogen-bond acceptors (Lipinski definition) is 3. The van der Waals surface area contributed by atoms with Crippen LogP contribution in [0.3, 0.4) is 0 Å². The van der Waals surface area contributed by atoms with Gasteiger partial charge in [0.2, 0.25) is 0 Å². The Morgan fingerprint density at radius 3 is 2.43 bits per heavy atom. The van der Waals surface area contributed by atoms with Crippen LogP contribution in [-0.2, 0) is 0 Å². The van der Waals surface area contributed by atoms with E-state index in [1.54, 1.807) is 12.1 Å². The second kappa shape index (κ2) is 5.77. The number of hydrogen-bond donors (Lipinski definition) is 3. The van der Waals surface area contributed by atoms with E-state index in [0.717, 1.165) is 4.47 Å². The number of carboxylic acids is 1. The highest BCUT2D eigenvalue weighted by Crippen LogP contribution is 2.30. The number of phenols is 1. The first-order valence-corrected chi connectivity index (χ1v) is 7.40. The zero-order valence-corrected chi connectivity index (χ0v) is 13.2. The summed E-state index contributed by atoms with van der Waals surface area (Å²) in [5.41, 5.74) is 1.26. The van der Waals surface area contributed by atoms with E-state index in [4.69, 9.17) is 5.11 Å². The summed E-state index contributed by atoms with van der Waals surface area (Å²) in [7, 11) is 0. The molecule has 0 bridgehead atoms. The predicted molar refractivity (Wildman–Crippen MR) is 88.1 cm³/mol. The number of nitrogens with one attached hydrogen (secondary N) is 1. The topological polar surface area (TPSA) is 95.3 Å². The van der Waals surface area contributed by atoms with Crippen molar-refractivity contribution in [3.63, 3.8) is 0 Å². The minimum absolute atomic E-state index is 0.0443. The van der Waals surface area contributed by atoms with E-state index >= 15 is 0 Å². The number of benzene rings is 2. The number of aromatic hydroxyl groups is 1. The number of aromatic amines is 1. The van der Waals surface area contributed by atoms with E-state index in [9.17, 15) is 14.7 Å². The van der Waals surface area contributed by atoms with Crippen molar-refractivity contribution in [3.8, 4) is 22.7 Å². The lowest BCUT2D eigenvalue weighted by molar-refractivity contribution is 0.0697. The monoisotopic (exact) mass is 374 g/mol. The number of rotatable bonds is 3. The molecule has 0 aliphatic heterocycles. The Kier molecular flexibility index (Phi) is 3.79. The lowest BCUT2D eigenvalue weighted by Crippen LogP contribution is -2.13. The van der Waals surface area contributed by atoms with Gasteiger partial charge in [-0.1, -0.05) is 15.9 Å². The summed E-state index contributed by atoms with van der Waals surface area (Å²) in [5.74, 6) is -0.988. The summed E-state index contributed by atoms with van der Waals surface area (Å²) < 4.78 is 2.05. The van der Waals surface area contributed by atoms with Crippen LogP contribution in [0.2, 0.25) is 0 Å². The number of aromatic carboxylic acids is 1. The van der Waals surface area contributed by atoms with Crippen LogP contribution < -0.4 is 5.56 Å². The molecule has 116 valence electrons. The maximum atomic E-state index is 12.2. The van der Waals surface area contributed by atoms with Crippen LogP contribution in [0.15, 0.2) is 57.8 Å². The van der Waals surface area contributed by atoms with Crippen LogP contribution in [0.5, 0.6) is 5.75 Å². The van der Waals surface area contributed by atoms with Gasteiger partial charge in [-0.2, -0.15) is 0 Å². The molecule has 0 unspecified atom stereocenters. The molecule has 23 heavy (non-hydrogen) atoms. The van der Waals surface area contributed by atoms with Gasteiger partial charge in [0.25, 0.3) is 5.56 Å². The minimum Gasteiger partial charge on any atom is -0.507 e. The number of nitrogens with zero attached hydrogens (tertiary/aromatic N) is 1. The molecule has 3 aromatic rings. The van der Waals surface area contributed by atoms with E-state index in [1.807, 2.05) is 0 Å². The zero-order valence-electron chi connectivity index (χ0n) is 11.7. The fourth-order valence-corrected chi connectivity index (χ4v) is 2.56. The molecule has 0 fully saturated rings. The van der Waals surface area contributed by atoms with Crippen LogP contribution in [0.25, 0.3) is 16.9 Å². The number of halogens is 1. The average molecular weight is 375 g/mol. The highest BCUT2D eigenvalue weighted by Gasteiger charge is 2.11. The third-order valence-corrected chi connectivity index (χ3v) is 3.83. The van der Waals surface area contributed by atoms with Gasteiger partial charge in [-0.25, -0.2) is 9.48 Å². The van der Waals surface area contributed by atoms with E-state index in [-0.39, 0.29) is 16.9 Å². The Bertz CT molecular complexity index is 941. The Morgan fingerprint density at radius 1 is 1.09 bits per heavy atom. The van der Waals surface area contributed by atoms with E-state index in [1.165, 1.54) is 41.1 Å². The first kappa shape index (κ1) is 15.1. The minimum atomic E-state index is -1.03. The van der Waals surface area contributed by atoms with Crippen molar-refractivity contribution in [3.05, 3.63) is 68.9 Å². The second-order valence-corrected chi connectivity index (χ2v) is 5.77. The average Bonchev–Trinajstić information content (AvgIpc) is 2.91. The highest BCUT2D eigenvalue weighted by molar-refractivity contribution is 9.10. The van der Waals surface area contributed by atoms with Crippen LogP contribution in [0.1, 0.15) is 10.4 Å². The molecule has 0 aliphatic rings. The van der Waals surface area contributed by atoms with Crippen LogP contribution in [0, 0.1) is 0 Å². The van der Waals surface area contributed by atoms with Crippen molar-refractivity contribution >= 4 is 21.9 Å². The number of aromatic nitrogens is 2. The van der Waals surface area contributed by atoms with Gasteiger partial charge in [0.15, 0.2) is 0 Å². The molecule has 1 aromatic heterocycles. The predicted octanol–water partition coefficient (Wildman–Crippen LogP) is 3.00. The fourth-order valence-electron chi connectivity index (χ4n) is 2.20. The molecule has 0 saturated heterocycles. The Morgan fingerprint density at radius 2 is 1.78 bits per heavy atom. The fraction of sp³-hybridized carbons (Fsp3) is 0. The van der Waals surface area contributed by atoms with Crippen molar-refractivity contribution < 1.29 is 15.0 Å². The standard InChI is InChI=1S/C16H11BrN2O4/c17-10-3-6-14(20)12(7-10)13-8-15(21)19(18-13)11-4-1-9(2-5-11)16(22)23/h1-8,18,20H,(H,22,23). The van der Waals surface area contributed by atoms with E-state index in [2.05, 4.69) is 21.0 Å². The summed E-state index contributed by atoms with van der Waals surface area (Å²) in [6.45, 7) is 0. The Balaban J connectivity index is 2.06. The molecule has 0 amide bonds. The molecule has 0 radical (unpaired) electrons. The molecule has 7 heteroatoms. The lowest BCUT2D eigenvalue weighted by atomic mass is 10.1. The normalized spacial score (nSPS) is 10.7. The summed E-state index contributed by atoms with van der Waals surface area (Å²) in [6.07, 6.45) is 0. The molecule has 0 atom stereocenters. The molecule has 0 spiro atoms. The molecule has 3 N–H and O–H groups in total. The maximum Gasteiger partial charge on any atom is 0.335 e. The lowest BCUT2D eigenvalue weighted by Gasteiger charge is -2.05. The van der Waals surface area contributed by atoms with Crippen LogP contribution in [0.4, 0.5) is 0 Å². The van der Waals surface area contributed by atoms with Gasteiger partial charge in [0.1, 0.15) is 5.75 Å². The quantitative estimate of drug-likeness (QED) is 0.656. The van der Waals surface area contributed by atoms with Crippen molar-refractivity contribution in [2.45, 2.75) is 0 Å². The molecule has 2 aromatic carbocycles. The third-order valence-electron chi connectivity index (χ3n) is 3.34. The summed E-state index contributed by atoms with van der Waals surface area (Å²) in [6, 6.07) is 12.2. The first-order chi connectivity index (χ1) is 11.0. The molecular formula is C16H11BrN2O4. The van der Waals surface area contributed by atoms with Crippen molar-refractivity contribution in [2.24, 2.45) is 0 Å². The molecule has 0 saturated carbocycles. The van der Waals surface area contributed by atoms with E-state index in [0.29, 0.717) is 16.9 Å². The van der Waals surface area contributed by atoms with Crippen LogP contribution >= 0.6 is 15.9 Å². The van der Waals surface area contributed by atoms with Gasteiger partial charge >= 0.3 is 5.97 Å². The summed E-state index contributed by atoms with van der Waals surface area (Å²) >= 11 is 3.32. The van der Waals surface area contributed by atoms with Gasteiger partial charge < -0.3 is 10.2 Å². The molecule has 1 heterocycles. The summed E-state index contributed by atoms with van der Waals surface area (Å²) in [5, 5.41) is 21.7. The second-order valence-electron chi connectivity index (χ2n) is 4.86. The zero-order chi connectivity index (χ0) is 16.6. The molecular weight excluding hydrogens is 364 g/mol. The van der Waals surface area contributed by atoms with Gasteiger partial charge in [-0.05, 0) is 42.5 Å². The number of H-pyrrole nitrogens is 1. The molecule has 6 nitrogen and oxygen atoms in total. The van der Waals surface area contributed by atoms with Gasteiger partial charge in [0.05, 0.1) is 16.9 Å². The van der Waals surface area contributed by atoms with Crippen LogP contribution in [-0.4, -0.2) is 26.0 Å². The van der Waals surface area contributed by atoms with Crippen molar-refractivity contribution in [2.75, 3.05) is 0 Å². The largest absolute Gasteiger partial charge is 0.507 e. The Labute approximate surface area is 138 Å². The number of carboxylic acid groups (broad SMARTS) is 1. The van der Waals surface area contributed by atoms with Crippen molar-refractivity contribution in [1.29, 1.82) is 0 Å². The van der Waals surface area contributed by atoms with Gasteiger partial charge in [-0.3, -0.25) is 9.89 Å². The Hall–Kier alpha value is -2.80. The maximum absolute atomic E-state index is 12.2. The first-order valence-electron chi connectivity index (χ1n) is 6.60. The SMILES string of the molecule is O=C(O)c1ccc(-n2[nH]c(-c3cc(Br)ccc3O)cc2=O)cc1.